The minimum Gasteiger partial charge on any atom is -0.338 e. The number of hydrogen-bond donors (Lipinski definition) is 2. The molecule has 0 radical (unpaired) electrons. The summed E-state index contributed by atoms with van der Waals surface area (Å²) < 4.78 is 13.8. The van der Waals surface area contributed by atoms with Crippen molar-refractivity contribution in [2.45, 2.75) is 13.3 Å². The predicted molar refractivity (Wildman–Crippen MR) is 61.4 cm³/mol. The van der Waals surface area contributed by atoms with E-state index in [2.05, 4.69) is 26.6 Å². The Labute approximate surface area is 96.2 Å². The third-order valence-electron chi connectivity index (χ3n) is 1.74. The molecule has 0 aromatic heterocycles. The van der Waals surface area contributed by atoms with Gasteiger partial charge in [-0.1, -0.05) is 13.0 Å². The van der Waals surface area contributed by atoms with Gasteiger partial charge in [0.05, 0.1) is 5.69 Å². The lowest BCUT2D eigenvalue weighted by Crippen LogP contribution is -2.29. The lowest BCUT2D eigenvalue weighted by Gasteiger charge is -2.08. The van der Waals surface area contributed by atoms with Gasteiger partial charge in [-0.2, -0.15) is 0 Å². The molecule has 2 amide bonds. The molecule has 1 rings (SSSR count). The molecule has 1 aromatic rings. The maximum Gasteiger partial charge on any atom is 0.319 e. The first-order valence-corrected chi connectivity index (χ1v) is 5.43. The second-order valence-electron chi connectivity index (χ2n) is 2.98. The van der Waals surface area contributed by atoms with Gasteiger partial charge in [0, 0.05) is 11.0 Å². The number of halogens is 2. The van der Waals surface area contributed by atoms with Crippen molar-refractivity contribution in [1.82, 2.24) is 5.32 Å². The van der Waals surface area contributed by atoms with Crippen LogP contribution in [0.4, 0.5) is 14.9 Å². The van der Waals surface area contributed by atoms with E-state index in [0.29, 0.717) is 11.0 Å². The van der Waals surface area contributed by atoms with Crippen LogP contribution in [0.25, 0.3) is 0 Å². The Morgan fingerprint density at radius 1 is 1.53 bits per heavy atom. The van der Waals surface area contributed by atoms with E-state index in [9.17, 15) is 9.18 Å². The fourth-order valence-electron chi connectivity index (χ4n) is 1.01. The maximum atomic E-state index is 13.3. The zero-order chi connectivity index (χ0) is 11.3. The number of para-hydroxylation sites is 1. The van der Waals surface area contributed by atoms with Gasteiger partial charge in [0.25, 0.3) is 0 Å². The van der Waals surface area contributed by atoms with Crippen LogP contribution in [0.3, 0.4) is 0 Å². The van der Waals surface area contributed by atoms with Crippen molar-refractivity contribution in [3.8, 4) is 0 Å². The molecule has 3 nitrogen and oxygen atoms in total. The number of hydrogen-bond acceptors (Lipinski definition) is 1. The van der Waals surface area contributed by atoms with Gasteiger partial charge >= 0.3 is 6.03 Å². The molecule has 0 saturated carbocycles. The third-order valence-corrected chi connectivity index (χ3v) is 2.40. The molecule has 0 atom stereocenters. The van der Waals surface area contributed by atoms with Gasteiger partial charge in [0.2, 0.25) is 0 Å². The average Bonchev–Trinajstić information content (AvgIpc) is 2.21. The molecule has 0 spiro atoms. The maximum absolute atomic E-state index is 13.3. The van der Waals surface area contributed by atoms with Crippen molar-refractivity contribution in [3.05, 3.63) is 28.5 Å². The third kappa shape index (κ3) is 3.51. The number of urea groups is 1. The van der Waals surface area contributed by atoms with Crippen LogP contribution in [0.5, 0.6) is 0 Å². The Balaban J connectivity index is 2.68. The number of carbonyl (C=O) groups excluding carboxylic acids is 1. The van der Waals surface area contributed by atoms with Crippen LogP contribution in [0.15, 0.2) is 22.7 Å². The summed E-state index contributed by atoms with van der Waals surface area (Å²) in [5, 5.41) is 5.04. The number of rotatable bonds is 3. The Morgan fingerprint density at radius 2 is 2.27 bits per heavy atom. The summed E-state index contributed by atoms with van der Waals surface area (Å²) in [6.07, 6.45) is 0.839. The summed E-state index contributed by atoms with van der Waals surface area (Å²) in [4.78, 5) is 11.3. The normalized spacial score (nSPS) is 9.80. The lowest BCUT2D eigenvalue weighted by molar-refractivity contribution is 0.252. The lowest BCUT2D eigenvalue weighted by atomic mass is 10.3. The van der Waals surface area contributed by atoms with E-state index in [4.69, 9.17) is 0 Å². The van der Waals surface area contributed by atoms with Gasteiger partial charge in [-0.15, -0.1) is 0 Å². The Morgan fingerprint density at radius 3 is 2.87 bits per heavy atom. The largest absolute Gasteiger partial charge is 0.338 e. The fraction of sp³-hybridized carbons (Fsp3) is 0.300. The van der Waals surface area contributed by atoms with Crippen molar-refractivity contribution in [1.29, 1.82) is 0 Å². The first-order valence-electron chi connectivity index (χ1n) is 4.64. The van der Waals surface area contributed by atoms with Crippen LogP contribution in [0, 0.1) is 5.82 Å². The van der Waals surface area contributed by atoms with Gasteiger partial charge in [-0.3, -0.25) is 0 Å². The van der Waals surface area contributed by atoms with Crippen LogP contribution in [0.2, 0.25) is 0 Å². The fourth-order valence-corrected chi connectivity index (χ4v) is 1.45. The van der Waals surface area contributed by atoms with E-state index in [0.717, 1.165) is 6.42 Å². The molecule has 0 aliphatic rings. The standard InChI is InChI=1S/C10H12BrFN2O/c1-2-6-13-10(15)14-9-7(11)4-3-5-8(9)12/h3-5H,2,6H2,1H3,(H2,13,14,15). The summed E-state index contributed by atoms with van der Waals surface area (Å²) in [7, 11) is 0. The summed E-state index contributed by atoms with van der Waals surface area (Å²) in [5.41, 5.74) is 0.158. The Hall–Kier alpha value is -1.10. The van der Waals surface area contributed by atoms with Gasteiger partial charge in [-0.25, -0.2) is 9.18 Å². The Kier molecular flexibility index (Phi) is 4.55. The highest BCUT2D eigenvalue weighted by molar-refractivity contribution is 9.10. The van der Waals surface area contributed by atoms with E-state index in [1.807, 2.05) is 6.92 Å². The van der Waals surface area contributed by atoms with Crippen LogP contribution >= 0.6 is 15.9 Å². The zero-order valence-corrected chi connectivity index (χ0v) is 9.90. The molecule has 82 valence electrons. The number of benzene rings is 1. The van der Waals surface area contributed by atoms with E-state index in [1.54, 1.807) is 12.1 Å². The minimum absolute atomic E-state index is 0.158. The van der Waals surface area contributed by atoms with E-state index in [-0.39, 0.29) is 5.69 Å². The van der Waals surface area contributed by atoms with Gasteiger partial charge < -0.3 is 10.6 Å². The monoisotopic (exact) mass is 274 g/mol. The van der Waals surface area contributed by atoms with Gasteiger partial charge in [0.1, 0.15) is 5.82 Å². The van der Waals surface area contributed by atoms with Crippen LogP contribution in [-0.2, 0) is 0 Å². The molecule has 5 heteroatoms. The second-order valence-corrected chi connectivity index (χ2v) is 3.83. The number of amides is 2. The van der Waals surface area contributed by atoms with Crippen molar-refractivity contribution >= 4 is 27.6 Å². The SMILES string of the molecule is CCCNC(=O)Nc1c(F)cccc1Br. The predicted octanol–water partition coefficient (Wildman–Crippen LogP) is 3.12. The Bertz CT molecular complexity index is 337. The summed E-state index contributed by atoms with van der Waals surface area (Å²) in [5.74, 6) is -0.462. The van der Waals surface area contributed by atoms with Gasteiger partial charge in [0.15, 0.2) is 0 Å². The van der Waals surface area contributed by atoms with Crippen molar-refractivity contribution < 1.29 is 9.18 Å². The molecule has 0 fully saturated rings. The minimum atomic E-state index is -0.462. The van der Waals surface area contributed by atoms with Crippen LogP contribution in [-0.4, -0.2) is 12.6 Å². The van der Waals surface area contributed by atoms with Crippen molar-refractivity contribution in [2.24, 2.45) is 0 Å². The molecule has 0 aliphatic carbocycles. The summed E-state index contributed by atoms with van der Waals surface area (Å²) >= 11 is 3.16. The molecular formula is C10H12BrFN2O. The summed E-state index contributed by atoms with van der Waals surface area (Å²) in [6, 6.07) is 4.12. The summed E-state index contributed by atoms with van der Waals surface area (Å²) in [6.45, 7) is 2.51. The average molecular weight is 275 g/mol. The molecule has 15 heavy (non-hydrogen) atoms. The molecule has 0 aliphatic heterocycles. The van der Waals surface area contributed by atoms with E-state index in [1.165, 1.54) is 6.07 Å². The molecule has 0 saturated heterocycles. The van der Waals surface area contributed by atoms with Crippen LogP contribution in [0.1, 0.15) is 13.3 Å². The highest BCUT2D eigenvalue weighted by Gasteiger charge is 2.08. The topological polar surface area (TPSA) is 41.1 Å². The van der Waals surface area contributed by atoms with E-state index >= 15 is 0 Å². The number of nitrogens with one attached hydrogen (secondary N) is 2. The highest BCUT2D eigenvalue weighted by atomic mass is 79.9. The van der Waals surface area contributed by atoms with Crippen molar-refractivity contribution in [2.75, 3.05) is 11.9 Å². The highest BCUT2D eigenvalue weighted by Crippen LogP contribution is 2.24. The molecular weight excluding hydrogens is 263 g/mol. The first-order chi connectivity index (χ1) is 7.15. The van der Waals surface area contributed by atoms with E-state index < -0.39 is 11.8 Å². The molecule has 0 heterocycles. The number of anilines is 1. The smallest absolute Gasteiger partial charge is 0.319 e. The molecule has 2 N–H and O–H groups in total. The second kappa shape index (κ2) is 5.70. The first kappa shape index (κ1) is 12.0. The molecule has 0 bridgehead atoms. The number of carbonyl (C=O) groups is 1. The zero-order valence-electron chi connectivity index (χ0n) is 8.31. The van der Waals surface area contributed by atoms with Gasteiger partial charge in [-0.05, 0) is 34.5 Å². The molecule has 0 unspecified atom stereocenters. The quantitative estimate of drug-likeness (QED) is 0.874. The molecule has 1 aromatic carbocycles. The van der Waals surface area contributed by atoms with Crippen molar-refractivity contribution in [3.63, 3.8) is 0 Å². The van der Waals surface area contributed by atoms with Crippen LogP contribution < -0.4 is 10.6 Å².